The second kappa shape index (κ2) is 4.63. The highest BCUT2D eigenvalue weighted by Crippen LogP contribution is 1.93. The molecule has 58 valence electrons. The predicted molar refractivity (Wildman–Crippen MR) is 27.4 cm³/mol. The van der Waals surface area contributed by atoms with Crippen molar-refractivity contribution in [3.8, 4) is 0 Å². The minimum absolute atomic E-state index is 0. The summed E-state index contributed by atoms with van der Waals surface area (Å²) in [5.41, 5.74) is 0. The summed E-state index contributed by atoms with van der Waals surface area (Å²) in [7, 11) is 1.54. The summed E-state index contributed by atoms with van der Waals surface area (Å²) in [5, 5.41) is 25.3. The van der Waals surface area contributed by atoms with Crippen LogP contribution in [0.1, 0.15) is 0 Å². The van der Waals surface area contributed by atoms with Gasteiger partial charge in [0.05, 0.1) is 7.05 Å². The first-order chi connectivity index (χ1) is 3.68. The number of aliphatic hydroxyl groups is 3. The van der Waals surface area contributed by atoms with Gasteiger partial charge in [0.1, 0.15) is 0 Å². The Hall–Kier alpha value is -0.230. The molecule has 0 saturated heterocycles. The molecule has 0 aromatic rings. The largest absolute Gasteiger partial charge is 1.00 e. The molecule has 0 spiro atoms. The molecule has 0 amide bonds. The Morgan fingerprint density at radius 2 is 1.22 bits per heavy atom. The predicted octanol–water partition coefficient (Wildman–Crippen LogP) is -4.71. The van der Waals surface area contributed by atoms with Gasteiger partial charge in [-0.15, -0.1) is 0 Å². The van der Waals surface area contributed by atoms with Gasteiger partial charge in [-0.3, -0.25) is 4.48 Å². The minimum Gasteiger partial charge on any atom is -1.00 e. The molecule has 0 aliphatic rings. The summed E-state index contributed by atoms with van der Waals surface area (Å²) in [6.45, 7) is -0.729. The molecule has 0 heterocycles. The maximum absolute atomic E-state index is 8.44. The molecular weight excluding hydrogens is 129 g/mol. The van der Waals surface area contributed by atoms with E-state index >= 15 is 0 Å². The Bertz CT molecular complexity index is 58.6. The summed E-state index contributed by atoms with van der Waals surface area (Å²) in [5.74, 6) is 0. The molecule has 0 rings (SSSR count). The fourth-order valence-electron chi connectivity index (χ4n) is 0.134. The van der Waals surface area contributed by atoms with Crippen LogP contribution in [-0.2, 0) is 0 Å². The zero-order valence-corrected chi connectivity index (χ0v) is 5.29. The van der Waals surface area contributed by atoms with E-state index in [1.54, 1.807) is 7.05 Å². The molecule has 4 nitrogen and oxygen atoms in total. The highest BCUT2D eigenvalue weighted by Gasteiger charge is 2.15. The van der Waals surface area contributed by atoms with E-state index in [1.807, 2.05) is 0 Å². The van der Waals surface area contributed by atoms with Gasteiger partial charge in [-0.2, -0.15) is 0 Å². The molecule has 0 aromatic heterocycles. The number of hydrogen-bond donors (Lipinski definition) is 3. The lowest BCUT2D eigenvalue weighted by molar-refractivity contribution is -0.959. The van der Waals surface area contributed by atoms with Crippen LogP contribution in [0.25, 0.3) is 0 Å². The summed E-state index contributed by atoms with van der Waals surface area (Å²) in [6.07, 6.45) is 0. The Morgan fingerprint density at radius 1 is 1.00 bits per heavy atom. The van der Waals surface area contributed by atoms with Gasteiger partial charge in [0.2, 0.25) is 0 Å². The van der Waals surface area contributed by atoms with Gasteiger partial charge in [-0.1, -0.05) is 0 Å². The van der Waals surface area contributed by atoms with Crippen molar-refractivity contribution in [2.45, 2.75) is 0 Å². The molecule has 0 aliphatic carbocycles. The van der Waals surface area contributed by atoms with E-state index in [2.05, 4.69) is 0 Å². The molecule has 0 fully saturated rings. The summed E-state index contributed by atoms with van der Waals surface area (Å²) in [4.78, 5) is 0. The third-order valence-corrected chi connectivity index (χ3v) is 1.02. The zero-order valence-electron chi connectivity index (χ0n) is 5.29. The van der Waals surface area contributed by atoms with Gasteiger partial charge < -0.3 is 20.0 Å². The topological polar surface area (TPSA) is 60.7 Å². The molecule has 0 bridgehead atoms. The van der Waals surface area contributed by atoms with E-state index in [9.17, 15) is 0 Å². The zero-order chi connectivity index (χ0) is 6.62. The van der Waals surface area contributed by atoms with E-state index in [4.69, 9.17) is 15.3 Å². The van der Waals surface area contributed by atoms with Crippen LogP contribution in [0.15, 0.2) is 0 Å². The van der Waals surface area contributed by atoms with Crippen LogP contribution in [0.3, 0.4) is 0 Å². The van der Waals surface area contributed by atoms with Crippen molar-refractivity contribution in [1.29, 1.82) is 0 Å². The quantitative estimate of drug-likeness (QED) is 0.273. The number of quaternary nitrogens is 1. The van der Waals surface area contributed by atoms with Crippen LogP contribution in [0.5, 0.6) is 0 Å². The lowest BCUT2D eigenvalue weighted by atomic mass is 10.7. The molecule has 9 heavy (non-hydrogen) atoms. The monoisotopic (exact) mass is 141 g/mol. The molecule has 5 heteroatoms. The molecule has 3 N–H and O–H groups in total. The van der Waals surface area contributed by atoms with E-state index in [0.29, 0.717) is 0 Å². The molecule has 0 saturated carbocycles. The van der Waals surface area contributed by atoms with Crippen LogP contribution in [0, 0.1) is 0 Å². The molecule has 0 aliphatic heterocycles. The normalized spacial score (nSPS) is 10.7. The van der Waals surface area contributed by atoms with Crippen LogP contribution in [0.2, 0.25) is 0 Å². The first-order valence-corrected chi connectivity index (χ1v) is 2.34. The summed E-state index contributed by atoms with van der Waals surface area (Å²) >= 11 is 0. The molecule has 0 atom stereocenters. The van der Waals surface area contributed by atoms with Crippen molar-refractivity contribution >= 4 is 0 Å². The molecule has 0 unspecified atom stereocenters. The lowest BCUT2D eigenvalue weighted by Gasteiger charge is -2.25. The van der Waals surface area contributed by atoms with E-state index in [0.717, 1.165) is 0 Å². The van der Waals surface area contributed by atoms with Gasteiger partial charge in [0, 0.05) is 0 Å². The number of nitrogens with zero attached hydrogens (tertiary/aromatic N) is 1. The number of hydrogen-bond acceptors (Lipinski definition) is 3. The van der Waals surface area contributed by atoms with Gasteiger partial charge in [-0.25, -0.2) is 0 Å². The third kappa shape index (κ3) is 3.36. The average Bonchev–Trinajstić information content (AvgIpc) is 1.87. The van der Waals surface area contributed by atoms with E-state index < -0.39 is 0 Å². The summed E-state index contributed by atoms with van der Waals surface area (Å²) < 4.78 is -0.125. The maximum atomic E-state index is 8.44. The van der Waals surface area contributed by atoms with Crippen molar-refractivity contribution in [1.82, 2.24) is 0 Å². The lowest BCUT2D eigenvalue weighted by Crippen LogP contribution is -3.00. The molecule has 0 aromatic carbocycles. The van der Waals surface area contributed by atoms with Crippen LogP contribution >= 0.6 is 0 Å². The van der Waals surface area contributed by atoms with Crippen molar-refractivity contribution in [3.05, 3.63) is 0 Å². The fourth-order valence-corrected chi connectivity index (χ4v) is 0.134. The smallest absolute Gasteiger partial charge is 0.183 e. The average molecular weight is 141 g/mol. The highest BCUT2D eigenvalue weighted by molar-refractivity contribution is 4.06. The van der Waals surface area contributed by atoms with Crippen LogP contribution in [0.4, 0.5) is 0 Å². The van der Waals surface area contributed by atoms with Gasteiger partial charge in [0.15, 0.2) is 20.2 Å². The fraction of sp³-hybridized carbons (Fsp3) is 1.00. The van der Waals surface area contributed by atoms with Crippen LogP contribution in [-0.4, -0.2) is 47.0 Å². The van der Waals surface area contributed by atoms with Gasteiger partial charge in [0.25, 0.3) is 0 Å². The first kappa shape index (κ1) is 11.6. The maximum Gasteiger partial charge on any atom is 0.183 e. The third-order valence-electron chi connectivity index (χ3n) is 1.02. The Labute approximate surface area is 52.9 Å². The Balaban J connectivity index is 0. The van der Waals surface area contributed by atoms with E-state index in [-0.39, 0.29) is 29.4 Å². The highest BCUT2D eigenvalue weighted by atomic mass is 19.0. The molecule has 0 radical (unpaired) electrons. The second-order valence-electron chi connectivity index (χ2n) is 2.04. The summed E-state index contributed by atoms with van der Waals surface area (Å²) in [6, 6.07) is 0. The second-order valence-corrected chi connectivity index (χ2v) is 2.04. The van der Waals surface area contributed by atoms with E-state index in [1.165, 1.54) is 0 Å². The minimum atomic E-state index is -0.243. The van der Waals surface area contributed by atoms with Crippen molar-refractivity contribution in [2.75, 3.05) is 27.2 Å². The molecular formula is C4H12FNO3. The van der Waals surface area contributed by atoms with Crippen molar-refractivity contribution in [3.63, 3.8) is 0 Å². The number of rotatable bonds is 3. The standard InChI is InChI=1S/C4H12NO3.FH/c1-5(2-6,3-7)4-8;/h6-8H,2-4H2,1H3;1H/q+1;/p-1. The Kier molecular flexibility index (Phi) is 5.94. The van der Waals surface area contributed by atoms with Crippen LogP contribution < -0.4 is 4.70 Å². The Morgan fingerprint density at radius 3 is 1.22 bits per heavy atom. The van der Waals surface area contributed by atoms with Crippen molar-refractivity contribution < 1.29 is 24.5 Å². The first-order valence-electron chi connectivity index (χ1n) is 2.34. The number of aliphatic hydroxyl groups excluding tert-OH is 3. The van der Waals surface area contributed by atoms with Gasteiger partial charge >= 0.3 is 0 Å². The number of halogens is 1. The van der Waals surface area contributed by atoms with Crippen molar-refractivity contribution in [2.24, 2.45) is 0 Å². The van der Waals surface area contributed by atoms with Gasteiger partial charge in [-0.05, 0) is 0 Å². The SMILES string of the molecule is C[N+](CO)(CO)CO.[F-].